The molecule has 0 aliphatic heterocycles. The first-order chi connectivity index (χ1) is 4.47. The molecule has 1 aromatic carbocycles. The van der Waals surface area contributed by atoms with E-state index in [2.05, 4.69) is 15.4 Å². The molecule has 60 valence electrons. The number of aromatic amines is 1. The largest absolute Gasteiger partial charge is 0.269 e. The second kappa shape index (κ2) is 3.60. The van der Waals surface area contributed by atoms with E-state index in [4.69, 9.17) is 0 Å². The summed E-state index contributed by atoms with van der Waals surface area (Å²) >= 11 is 0. The Bertz CT molecular complexity index is 290. The fraction of sp³-hybridized carbons (Fsp3) is 0. The van der Waals surface area contributed by atoms with Crippen LogP contribution in [-0.4, -0.2) is 15.4 Å². The third kappa shape index (κ3) is 1.49. The first-order valence-corrected chi connectivity index (χ1v) is 2.72. The lowest BCUT2D eigenvalue weighted by Crippen LogP contribution is -1.63. The quantitative estimate of drug-likeness (QED) is 0.628. The van der Waals surface area contributed by atoms with E-state index >= 15 is 0 Å². The van der Waals surface area contributed by atoms with Crippen molar-refractivity contribution in [1.82, 2.24) is 15.4 Å². The predicted molar refractivity (Wildman–Crippen MR) is 38.9 cm³/mol. The minimum atomic E-state index is 0. The molecule has 0 aliphatic rings. The molecule has 0 spiro atoms. The molecule has 0 unspecified atom stereocenters. The molecule has 0 bridgehead atoms. The van der Waals surface area contributed by atoms with Gasteiger partial charge < -0.3 is 0 Å². The Morgan fingerprint density at radius 1 is 1.09 bits per heavy atom. The fourth-order valence-corrected chi connectivity index (χ4v) is 0.788. The summed E-state index contributed by atoms with van der Waals surface area (Å²) in [5.74, 6) is 0. The molecule has 3 nitrogen and oxygen atoms in total. The van der Waals surface area contributed by atoms with Gasteiger partial charge in [0.05, 0.1) is 5.52 Å². The van der Waals surface area contributed by atoms with E-state index in [1.54, 1.807) is 0 Å². The van der Waals surface area contributed by atoms with Crippen molar-refractivity contribution in [2.45, 2.75) is 0 Å². The number of aromatic nitrogens is 3. The van der Waals surface area contributed by atoms with Gasteiger partial charge >= 0.3 is 0 Å². The van der Waals surface area contributed by atoms with Crippen LogP contribution in [0.15, 0.2) is 24.3 Å². The molecule has 1 heterocycles. The number of hydrogen-bond donors (Lipinski definition) is 1. The second-order valence-corrected chi connectivity index (χ2v) is 1.83. The normalized spacial score (nSPS) is 8.36. The molecule has 0 saturated heterocycles. The SMILES string of the molecule is F.F.c1ccc2[nH]nnc2c1. The van der Waals surface area contributed by atoms with Crippen LogP contribution >= 0.6 is 0 Å². The Morgan fingerprint density at radius 2 is 1.82 bits per heavy atom. The zero-order chi connectivity index (χ0) is 6.10. The number of H-pyrrole nitrogens is 1. The summed E-state index contributed by atoms with van der Waals surface area (Å²) in [6, 6.07) is 7.74. The first-order valence-electron chi connectivity index (χ1n) is 2.72. The van der Waals surface area contributed by atoms with Crippen molar-refractivity contribution in [3.05, 3.63) is 24.3 Å². The van der Waals surface area contributed by atoms with Crippen molar-refractivity contribution < 1.29 is 9.41 Å². The van der Waals surface area contributed by atoms with Gasteiger partial charge in [-0.25, -0.2) is 0 Å². The summed E-state index contributed by atoms with van der Waals surface area (Å²) in [6.07, 6.45) is 0. The van der Waals surface area contributed by atoms with Crippen molar-refractivity contribution in [1.29, 1.82) is 0 Å². The van der Waals surface area contributed by atoms with E-state index < -0.39 is 0 Å². The molecule has 1 aromatic heterocycles. The summed E-state index contributed by atoms with van der Waals surface area (Å²) in [6.45, 7) is 0. The van der Waals surface area contributed by atoms with Crippen LogP contribution in [0.5, 0.6) is 0 Å². The van der Waals surface area contributed by atoms with Gasteiger partial charge in [-0.3, -0.25) is 14.5 Å². The maximum Gasteiger partial charge on any atom is 0.112 e. The van der Waals surface area contributed by atoms with Crippen LogP contribution < -0.4 is 0 Å². The highest BCUT2D eigenvalue weighted by atomic mass is 19.0. The van der Waals surface area contributed by atoms with Crippen molar-refractivity contribution >= 4 is 11.0 Å². The number of fused-ring (bicyclic) bond motifs is 1. The minimum absolute atomic E-state index is 0. The number of nitrogens with zero attached hydrogens (tertiary/aromatic N) is 2. The Morgan fingerprint density at radius 3 is 2.55 bits per heavy atom. The van der Waals surface area contributed by atoms with Crippen molar-refractivity contribution in [3.8, 4) is 0 Å². The van der Waals surface area contributed by atoms with Crippen LogP contribution in [-0.2, 0) is 0 Å². The average molecular weight is 159 g/mol. The molecule has 0 amide bonds. The highest BCUT2D eigenvalue weighted by molar-refractivity contribution is 5.72. The van der Waals surface area contributed by atoms with Crippen LogP contribution in [0.3, 0.4) is 0 Å². The van der Waals surface area contributed by atoms with E-state index in [0.29, 0.717) is 0 Å². The van der Waals surface area contributed by atoms with Crippen molar-refractivity contribution in [2.24, 2.45) is 0 Å². The lowest BCUT2D eigenvalue weighted by atomic mass is 10.3. The zero-order valence-electron chi connectivity index (χ0n) is 5.52. The zero-order valence-corrected chi connectivity index (χ0v) is 5.52. The molecular weight excluding hydrogens is 152 g/mol. The van der Waals surface area contributed by atoms with E-state index in [-0.39, 0.29) is 9.41 Å². The third-order valence-corrected chi connectivity index (χ3v) is 1.23. The molecule has 0 saturated carbocycles. The maximum atomic E-state index is 3.81. The Kier molecular flexibility index (Phi) is 3.10. The van der Waals surface area contributed by atoms with Gasteiger partial charge in [-0.1, -0.05) is 17.3 Å². The highest BCUT2D eigenvalue weighted by Gasteiger charge is 1.90. The summed E-state index contributed by atoms with van der Waals surface area (Å²) in [4.78, 5) is 0. The van der Waals surface area contributed by atoms with Gasteiger partial charge in [0.15, 0.2) is 0 Å². The Hall–Kier alpha value is -1.52. The Balaban J connectivity index is 0.000000500. The predicted octanol–water partition coefficient (Wildman–Crippen LogP) is 1.26. The van der Waals surface area contributed by atoms with E-state index in [0.717, 1.165) is 11.0 Å². The number of benzene rings is 1. The fourth-order valence-electron chi connectivity index (χ4n) is 0.788. The summed E-state index contributed by atoms with van der Waals surface area (Å²) in [5.41, 5.74) is 1.90. The average Bonchev–Trinajstić information content (AvgIpc) is 2.33. The van der Waals surface area contributed by atoms with Crippen LogP contribution in [0, 0.1) is 0 Å². The molecule has 11 heavy (non-hydrogen) atoms. The van der Waals surface area contributed by atoms with Gasteiger partial charge in [0, 0.05) is 0 Å². The van der Waals surface area contributed by atoms with Crippen LogP contribution in [0.25, 0.3) is 11.0 Å². The Labute approximate surface area is 61.2 Å². The molecule has 2 rings (SSSR count). The molecule has 0 radical (unpaired) electrons. The minimum Gasteiger partial charge on any atom is -0.269 e. The summed E-state index contributed by atoms with van der Waals surface area (Å²) < 4.78 is 0. The van der Waals surface area contributed by atoms with Crippen LogP contribution in [0.1, 0.15) is 0 Å². The maximum absolute atomic E-state index is 3.81. The molecule has 0 aliphatic carbocycles. The third-order valence-electron chi connectivity index (χ3n) is 1.23. The van der Waals surface area contributed by atoms with E-state index in [1.165, 1.54) is 0 Å². The summed E-state index contributed by atoms with van der Waals surface area (Å²) in [7, 11) is 0. The number of nitrogens with one attached hydrogen (secondary N) is 1. The van der Waals surface area contributed by atoms with E-state index in [9.17, 15) is 0 Å². The van der Waals surface area contributed by atoms with Gasteiger partial charge in [0.2, 0.25) is 0 Å². The number of rotatable bonds is 0. The van der Waals surface area contributed by atoms with Crippen molar-refractivity contribution in [3.63, 3.8) is 0 Å². The lowest BCUT2D eigenvalue weighted by molar-refractivity contribution is 0.959. The number of para-hydroxylation sites is 1. The van der Waals surface area contributed by atoms with Crippen LogP contribution in [0.4, 0.5) is 9.41 Å². The molecule has 1 N–H and O–H groups in total. The van der Waals surface area contributed by atoms with Gasteiger partial charge in [0.25, 0.3) is 0 Å². The molecule has 5 heteroatoms. The molecule has 2 aromatic rings. The highest BCUT2D eigenvalue weighted by Crippen LogP contribution is 2.03. The molecule has 0 fully saturated rings. The summed E-state index contributed by atoms with van der Waals surface area (Å²) in [5, 5.41) is 10.2. The van der Waals surface area contributed by atoms with E-state index in [1.807, 2.05) is 24.3 Å². The van der Waals surface area contributed by atoms with Crippen molar-refractivity contribution in [2.75, 3.05) is 0 Å². The first kappa shape index (κ1) is 9.48. The second-order valence-electron chi connectivity index (χ2n) is 1.83. The standard InChI is InChI=1S/C6H5N3.2FH/c1-2-4-6-5(3-1)7-9-8-6;;/h1-4H,(H,7,8,9);2*1H. The molecular formula is C6H7F2N3. The van der Waals surface area contributed by atoms with Gasteiger partial charge in [-0.2, -0.15) is 0 Å². The van der Waals surface area contributed by atoms with Gasteiger partial charge in [-0.15, -0.1) is 5.10 Å². The number of halogens is 2. The molecule has 0 atom stereocenters. The monoisotopic (exact) mass is 159 g/mol. The van der Waals surface area contributed by atoms with Gasteiger partial charge in [0.1, 0.15) is 5.52 Å². The smallest absolute Gasteiger partial charge is 0.112 e. The topological polar surface area (TPSA) is 41.6 Å². The van der Waals surface area contributed by atoms with Crippen LogP contribution in [0.2, 0.25) is 0 Å². The lowest BCUT2D eigenvalue weighted by Gasteiger charge is -1.79. The number of hydrogen-bond acceptors (Lipinski definition) is 2. The van der Waals surface area contributed by atoms with Gasteiger partial charge in [-0.05, 0) is 12.1 Å².